The fourth-order valence-electron chi connectivity index (χ4n) is 2.11. The number of halogens is 1. The molecule has 2 N–H and O–H groups in total. The van der Waals surface area contributed by atoms with Crippen LogP contribution >= 0.6 is 0 Å². The highest BCUT2D eigenvalue weighted by Gasteiger charge is 2.13. The third kappa shape index (κ3) is 4.13. The summed E-state index contributed by atoms with van der Waals surface area (Å²) in [5.41, 5.74) is 8.73. The van der Waals surface area contributed by atoms with Crippen LogP contribution in [0.1, 0.15) is 24.9 Å². The molecule has 0 heterocycles. The molecule has 0 spiro atoms. The molecule has 0 aromatic heterocycles. The van der Waals surface area contributed by atoms with Gasteiger partial charge in [-0.1, -0.05) is 30.3 Å². The lowest BCUT2D eigenvalue weighted by molar-refractivity contribution is -0.143. The van der Waals surface area contributed by atoms with Crippen LogP contribution in [-0.2, 0) is 9.53 Å². The minimum absolute atomic E-state index is 0.140. The zero-order valence-electron chi connectivity index (χ0n) is 11.9. The lowest BCUT2D eigenvalue weighted by atomic mass is 9.98. The van der Waals surface area contributed by atoms with Crippen molar-refractivity contribution in [3.05, 3.63) is 59.9 Å². The second-order valence-electron chi connectivity index (χ2n) is 4.75. The van der Waals surface area contributed by atoms with Crippen molar-refractivity contribution in [3.63, 3.8) is 0 Å². The highest BCUT2D eigenvalue weighted by molar-refractivity contribution is 5.71. The van der Waals surface area contributed by atoms with E-state index in [0.29, 0.717) is 6.61 Å². The van der Waals surface area contributed by atoms with Crippen LogP contribution in [0, 0.1) is 5.82 Å². The van der Waals surface area contributed by atoms with Crippen LogP contribution in [0.25, 0.3) is 11.1 Å². The van der Waals surface area contributed by atoms with Crippen LogP contribution in [0.5, 0.6) is 0 Å². The van der Waals surface area contributed by atoms with Gasteiger partial charge in [0.15, 0.2) is 0 Å². The third-order valence-electron chi connectivity index (χ3n) is 3.18. The van der Waals surface area contributed by atoms with Gasteiger partial charge in [0.1, 0.15) is 5.82 Å². The van der Waals surface area contributed by atoms with E-state index >= 15 is 0 Å². The summed E-state index contributed by atoms with van der Waals surface area (Å²) in [5, 5.41) is 0. The molecule has 0 saturated heterocycles. The van der Waals surface area contributed by atoms with Crippen molar-refractivity contribution in [1.82, 2.24) is 0 Å². The summed E-state index contributed by atoms with van der Waals surface area (Å²) in [4.78, 5) is 11.5. The maximum Gasteiger partial charge on any atom is 0.307 e. The number of benzene rings is 2. The van der Waals surface area contributed by atoms with E-state index in [2.05, 4.69) is 0 Å². The summed E-state index contributed by atoms with van der Waals surface area (Å²) < 4.78 is 17.9. The molecule has 3 nitrogen and oxygen atoms in total. The van der Waals surface area contributed by atoms with Crippen LogP contribution < -0.4 is 5.73 Å². The number of esters is 1. The highest BCUT2D eigenvalue weighted by Crippen LogP contribution is 2.24. The van der Waals surface area contributed by atoms with E-state index in [4.69, 9.17) is 10.5 Å². The summed E-state index contributed by atoms with van der Waals surface area (Å²) in [5.74, 6) is -0.578. The molecule has 0 aliphatic heterocycles. The minimum Gasteiger partial charge on any atom is -0.466 e. The normalized spacial score (nSPS) is 12.0. The van der Waals surface area contributed by atoms with Crippen LogP contribution in [0.4, 0.5) is 4.39 Å². The number of hydrogen-bond acceptors (Lipinski definition) is 3. The second kappa shape index (κ2) is 6.99. The highest BCUT2D eigenvalue weighted by atomic mass is 19.1. The van der Waals surface area contributed by atoms with Gasteiger partial charge in [0.05, 0.1) is 13.0 Å². The fraction of sp³-hybridized carbons (Fsp3) is 0.235. The molecule has 1 unspecified atom stereocenters. The maximum atomic E-state index is 13.0. The maximum absolute atomic E-state index is 13.0. The Hall–Kier alpha value is -2.20. The lowest BCUT2D eigenvalue weighted by Crippen LogP contribution is -2.17. The summed E-state index contributed by atoms with van der Waals surface area (Å²) in [7, 11) is 0. The zero-order chi connectivity index (χ0) is 15.2. The van der Waals surface area contributed by atoms with Gasteiger partial charge in [0, 0.05) is 6.04 Å². The standard InChI is InChI=1S/C17H18FNO2/c1-2-21-17(20)11-16(19)14-5-3-4-13(10-14)12-6-8-15(18)9-7-12/h3-10,16H,2,11,19H2,1H3. The predicted octanol–water partition coefficient (Wildman–Crippen LogP) is 3.45. The van der Waals surface area contributed by atoms with E-state index in [1.807, 2.05) is 24.3 Å². The first-order valence-electron chi connectivity index (χ1n) is 6.87. The molecule has 4 heteroatoms. The van der Waals surface area contributed by atoms with Crippen molar-refractivity contribution in [2.45, 2.75) is 19.4 Å². The molecule has 0 fully saturated rings. The Morgan fingerprint density at radius 1 is 1.19 bits per heavy atom. The van der Waals surface area contributed by atoms with E-state index in [0.717, 1.165) is 16.7 Å². The number of carbonyl (C=O) groups excluding carboxylic acids is 1. The molecule has 0 radical (unpaired) electrons. The number of rotatable bonds is 5. The van der Waals surface area contributed by atoms with Crippen molar-refractivity contribution < 1.29 is 13.9 Å². The van der Waals surface area contributed by atoms with Gasteiger partial charge in [-0.15, -0.1) is 0 Å². The Labute approximate surface area is 123 Å². The summed E-state index contributed by atoms with van der Waals surface area (Å²) in [6, 6.07) is 13.4. The van der Waals surface area contributed by atoms with Crippen molar-refractivity contribution in [3.8, 4) is 11.1 Å². The summed E-state index contributed by atoms with van der Waals surface area (Å²) in [6.07, 6.45) is 0.140. The predicted molar refractivity (Wildman–Crippen MR) is 80.0 cm³/mol. The number of hydrogen-bond donors (Lipinski definition) is 1. The van der Waals surface area contributed by atoms with Crippen molar-refractivity contribution in [2.24, 2.45) is 5.73 Å². The van der Waals surface area contributed by atoms with Gasteiger partial charge in [-0.2, -0.15) is 0 Å². The molecular weight excluding hydrogens is 269 g/mol. The summed E-state index contributed by atoms with van der Waals surface area (Å²) >= 11 is 0. The average Bonchev–Trinajstić information content (AvgIpc) is 2.48. The van der Waals surface area contributed by atoms with Crippen LogP contribution in [0.15, 0.2) is 48.5 Å². The molecule has 2 aromatic carbocycles. The largest absolute Gasteiger partial charge is 0.466 e. The van der Waals surface area contributed by atoms with Crippen LogP contribution in [0.3, 0.4) is 0 Å². The quantitative estimate of drug-likeness (QED) is 0.857. The van der Waals surface area contributed by atoms with Gasteiger partial charge < -0.3 is 10.5 Å². The van der Waals surface area contributed by atoms with Gasteiger partial charge in [0.25, 0.3) is 0 Å². The molecule has 2 rings (SSSR count). The molecular formula is C17H18FNO2. The molecule has 0 aliphatic rings. The molecule has 21 heavy (non-hydrogen) atoms. The Kier molecular flexibility index (Phi) is 5.06. The molecule has 110 valence electrons. The van der Waals surface area contributed by atoms with Gasteiger partial charge in [-0.05, 0) is 41.8 Å². The van der Waals surface area contributed by atoms with Crippen LogP contribution in [-0.4, -0.2) is 12.6 Å². The Bertz CT molecular complexity index is 610. The monoisotopic (exact) mass is 287 g/mol. The van der Waals surface area contributed by atoms with Gasteiger partial charge in [-0.3, -0.25) is 4.79 Å². The van der Waals surface area contributed by atoms with E-state index in [1.165, 1.54) is 12.1 Å². The Morgan fingerprint density at radius 2 is 1.90 bits per heavy atom. The number of ether oxygens (including phenoxy) is 1. The smallest absolute Gasteiger partial charge is 0.307 e. The molecule has 0 aliphatic carbocycles. The molecule has 0 saturated carbocycles. The van der Waals surface area contributed by atoms with E-state index in [-0.39, 0.29) is 18.2 Å². The number of nitrogens with two attached hydrogens (primary N) is 1. The average molecular weight is 287 g/mol. The van der Waals surface area contributed by atoms with Gasteiger partial charge in [-0.25, -0.2) is 4.39 Å². The lowest BCUT2D eigenvalue weighted by Gasteiger charge is -2.13. The first-order chi connectivity index (χ1) is 10.1. The Morgan fingerprint density at radius 3 is 2.57 bits per heavy atom. The van der Waals surface area contributed by atoms with E-state index in [9.17, 15) is 9.18 Å². The van der Waals surface area contributed by atoms with Gasteiger partial charge in [0.2, 0.25) is 0 Å². The fourth-order valence-corrected chi connectivity index (χ4v) is 2.11. The van der Waals surface area contributed by atoms with Crippen molar-refractivity contribution in [1.29, 1.82) is 0 Å². The summed E-state index contributed by atoms with van der Waals surface area (Å²) in [6.45, 7) is 2.11. The first-order valence-corrected chi connectivity index (χ1v) is 6.87. The van der Waals surface area contributed by atoms with E-state index < -0.39 is 6.04 Å². The topological polar surface area (TPSA) is 52.3 Å². The molecule has 0 bridgehead atoms. The molecule has 2 aromatic rings. The minimum atomic E-state index is -0.413. The second-order valence-corrected chi connectivity index (χ2v) is 4.75. The van der Waals surface area contributed by atoms with Gasteiger partial charge >= 0.3 is 5.97 Å². The van der Waals surface area contributed by atoms with Crippen LogP contribution in [0.2, 0.25) is 0 Å². The van der Waals surface area contributed by atoms with E-state index in [1.54, 1.807) is 19.1 Å². The zero-order valence-corrected chi connectivity index (χ0v) is 11.9. The van der Waals surface area contributed by atoms with Crippen molar-refractivity contribution >= 4 is 5.97 Å². The third-order valence-corrected chi connectivity index (χ3v) is 3.18. The Balaban J connectivity index is 2.17. The first kappa shape index (κ1) is 15.2. The SMILES string of the molecule is CCOC(=O)CC(N)c1cccc(-c2ccc(F)cc2)c1. The molecule has 1 atom stereocenters. The number of carbonyl (C=O) groups is 1. The van der Waals surface area contributed by atoms with Crippen molar-refractivity contribution in [2.75, 3.05) is 6.61 Å². The molecule has 0 amide bonds.